The molecule has 0 spiro atoms. The molecule has 0 aromatic carbocycles. The summed E-state index contributed by atoms with van der Waals surface area (Å²) < 4.78 is 4.93. The lowest BCUT2D eigenvalue weighted by molar-refractivity contribution is 0.249. The normalized spacial score (nSPS) is 10.2. The average Bonchev–Trinajstić information content (AvgIpc) is 2.33. The summed E-state index contributed by atoms with van der Waals surface area (Å²) in [4.78, 5) is 15.0. The van der Waals surface area contributed by atoms with E-state index in [4.69, 9.17) is 4.42 Å². The van der Waals surface area contributed by atoms with Crippen molar-refractivity contribution in [1.82, 2.24) is 10.3 Å². The van der Waals surface area contributed by atoms with Crippen LogP contribution in [0.2, 0.25) is 0 Å². The van der Waals surface area contributed by atoms with Crippen molar-refractivity contribution in [3.63, 3.8) is 0 Å². The number of nitrogens with one attached hydrogen (secondary N) is 2. The van der Waals surface area contributed by atoms with E-state index in [1.165, 1.54) is 6.26 Å². The minimum Gasteiger partial charge on any atom is -0.432 e. The standard InChI is InChI=1S/C8H13N3O2/c1-5(2)9-7(12)11-8-10-6(3)4-13-8/h4-5H,1-3H3,(H2,9,10,11,12). The van der Waals surface area contributed by atoms with Gasteiger partial charge in [-0.1, -0.05) is 0 Å². The van der Waals surface area contributed by atoms with Gasteiger partial charge in [0, 0.05) is 6.04 Å². The predicted molar refractivity (Wildman–Crippen MR) is 48.5 cm³/mol. The first-order valence-corrected chi connectivity index (χ1v) is 4.07. The largest absolute Gasteiger partial charge is 0.432 e. The molecule has 1 aromatic rings. The number of carbonyl (C=O) groups excluding carboxylic acids is 1. The topological polar surface area (TPSA) is 67.2 Å². The maximum Gasteiger partial charge on any atom is 0.323 e. The smallest absolute Gasteiger partial charge is 0.323 e. The fourth-order valence-electron chi connectivity index (χ4n) is 0.807. The van der Waals surface area contributed by atoms with Crippen LogP contribution in [0.5, 0.6) is 0 Å². The van der Waals surface area contributed by atoms with E-state index >= 15 is 0 Å². The van der Waals surface area contributed by atoms with Crippen LogP contribution in [-0.2, 0) is 0 Å². The lowest BCUT2D eigenvalue weighted by atomic mass is 10.4. The lowest BCUT2D eigenvalue weighted by Gasteiger charge is -2.06. The quantitative estimate of drug-likeness (QED) is 0.730. The lowest BCUT2D eigenvalue weighted by Crippen LogP contribution is -2.34. The van der Waals surface area contributed by atoms with E-state index in [9.17, 15) is 4.79 Å². The van der Waals surface area contributed by atoms with Crippen molar-refractivity contribution < 1.29 is 9.21 Å². The number of rotatable bonds is 2. The number of carbonyl (C=O) groups is 1. The van der Waals surface area contributed by atoms with E-state index in [0.29, 0.717) is 0 Å². The summed E-state index contributed by atoms with van der Waals surface area (Å²) in [5.74, 6) is 0. The second-order valence-electron chi connectivity index (χ2n) is 3.05. The predicted octanol–water partition coefficient (Wildman–Crippen LogP) is 1.51. The summed E-state index contributed by atoms with van der Waals surface area (Å²) in [5, 5.41) is 5.12. The Kier molecular flexibility index (Phi) is 2.89. The molecule has 0 unspecified atom stereocenters. The van der Waals surface area contributed by atoms with E-state index in [1.807, 2.05) is 13.8 Å². The number of hydrogen-bond donors (Lipinski definition) is 2. The zero-order chi connectivity index (χ0) is 9.84. The molecule has 2 N–H and O–H groups in total. The van der Waals surface area contributed by atoms with Gasteiger partial charge in [-0.3, -0.25) is 5.32 Å². The van der Waals surface area contributed by atoms with Crippen molar-refractivity contribution in [1.29, 1.82) is 0 Å². The number of anilines is 1. The number of aromatic nitrogens is 1. The van der Waals surface area contributed by atoms with Gasteiger partial charge in [-0.2, -0.15) is 4.98 Å². The van der Waals surface area contributed by atoms with E-state index < -0.39 is 0 Å². The first-order valence-electron chi connectivity index (χ1n) is 4.07. The molecule has 2 amide bonds. The van der Waals surface area contributed by atoms with Gasteiger partial charge in [0.2, 0.25) is 0 Å². The van der Waals surface area contributed by atoms with Crippen molar-refractivity contribution >= 4 is 12.0 Å². The zero-order valence-corrected chi connectivity index (χ0v) is 7.92. The second kappa shape index (κ2) is 3.93. The first-order chi connectivity index (χ1) is 6.08. The number of amides is 2. The SMILES string of the molecule is Cc1coc(NC(=O)NC(C)C)n1. The molecule has 5 heteroatoms. The molecule has 0 aliphatic carbocycles. The molecule has 0 radical (unpaired) electrons. The Balaban J connectivity index is 2.45. The monoisotopic (exact) mass is 183 g/mol. The van der Waals surface area contributed by atoms with E-state index in [2.05, 4.69) is 15.6 Å². The molecule has 0 aliphatic heterocycles. The van der Waals surface area contributed by atoms with Crippen LogP contribution in [-0.4, -0.2) is 17.1 Å². The number of oxazole rings is 1. The van der Waals surface area contributed by atoms with Gasteiger partial charge in [0.1, 0.15) is 6.26 Å². The third-order valence-corrected chi connectivity index (χ3v) is 1.26. The molecule has 0 atom stereocenters. The molecule has 0 saturated heterocycles. The molecule has 0 fully saturated rings. The molecule has 72 valence electrons. The van der Waals surface area contributed by atoms with Crippen molar-refractivity contribution in [3.05, 3.63) is 12.0 Å². The summed E-state index contributed by atoms with van der Waals surface area (Å²) in [6.07, 6.45) is 1.48. The van der Waals surface area contributed by atoms with Crippen LogP contribution in [0.1, 0.15) is 19.5 Å². The Labute approximate surface area is 76.5 Å². The molecule has 1 rings (SSSR count). The van der Waals surface area contributed by atoms with Gasteiger partial charge >= 0.3 is 12.0 Å². The molecule has 0 aliphatic rings. The van der Waals surface area contributed by atoms with Crippen LogP contribution in [0, 0.1) is 6.92 Å². The fraction of sp³-hybridized carbons (Fsp3) is 0.500. The number of nitrogens with zero attached hydrogens (tertiary/aromatic N) is 1. The molecular weight excluding hydrogens is 170 g/mol. The Morgan fingerprint density at radius 3 is 2.77 bits per heavy atom. The Morgan fingerprint density at radius 1 is 1.62 bits per heavy atom. The van der Waals surface area contributed by atoms with Crippen molar-refractivity contribution in [3.8, 4) is 0 Å². The number of urea groups is 1. The molecule has 1 heterocycles. The van der Waals surface area contributed by atoms with Gasteiger partial charge in [0.05, 0.1) is 5.69 Å². The molecular formula is C8H13N3O2. The highest BCUT2D eigenvalue weighted by Crippen LogP contribution is 2.05. The van der Waals surface area contributed by atoms with Gasteiger partial charge in [0.15, 0.2) is 0 Å². The average molecular weight is 183 g/mol. The van der Waals surface area contributed by atoms with Crippen LogP contribution in [0.15, 0.2) is 10.7 Å². The van der Waals surface area contributed by atoms with E-state index in [1.54, 1.807) is 6.92 Å². The molecule has 1 aromatic heterocycles. The zero-order valence-electron chi connectivity index (χ0n) is 7.92. The van der Waals surface area contributed by atoms with Crippen LogP contribution < -0.4 is 10.6 Å². The Bertz CT molecular complexity index is 293. The minimum atomic E-state index is -0.308. The summed E-state index contributed by atoms with van der Waals surface area (Å²) >= 11 is 0. The maximum atomic E-state index is 11.1. The maximum absolute atomic E-state index is 11.1. The number of aryl methyl sites for hydroxylation is 1. The minimum absolute atomic E-state index is 0.0936. The molecule has 13 heavy (non-hydrogen) atoms. The fourth-order valence-corrected chi connectivity index (χ4v) is 0.807. The summed E-state index contributed by atoms with van der Waals surface area (Å²) in [6, 6.07) is 0.00330. The highest BCUT2D eigenvalue weighted by Gasteiger charge is 2.06. The highest BCUT2D eigenvalue weighted by molar-refractivity contribution is 5.87. The Hall–Kier alpha value is -1.52. The molecule has 5 nitrogen and oxygen atoms in total. The van der Waals surface area contributed by atoms with Crippen molar-refractivity contribution in [2.75, 3.05) is 5.32 Å². The van der Waals surface area contributed by atoms with Gasteiger partial charge in [-0.25, -0.2) is 4.79 Å². The van der Waals surface area contributed by atoms with Crippen LogP contribution >= 0.6 is 0 Å². The molecule has 0 saturated carbocycles. The summed E-state index contributed by atoms with van der Waals surface area (Å²) in [5.41, 5.74) is 0.736. The van der Waals surface area contributed by atoms with Gasteiger partial charge < -0.3 is 9.73 Å². The van der Waals surface area contributed by atoms with Crippen molar-refractivity contribution in [2.24, 2.45) is 0 Å². The molecule has 0 bridgehead atoms. The van der Waals surface area contributed by atoms with Crippen LogP contribution in [0.4, 0.5) is 10.8 Å². The Morgan fingerprint density at radius 2 is 2.31 bits per heavy atom. The van der Waals surface area contributed by atoms with Gasteiger partial charge in [-0.05, 0) is 20.8 Å². The number of hydrogen-bond acceptors (Lipinski definition) is 3. The highest BCUT2D eigenvalue weighted by atomic mass is 16.4. The van der Waals surface area contributed by atoms with Crippen LogP contribution in [0.3, 0.4) is 0 Å². The van der Waals surface area contributed by atoms with E-state index in [-0.39, 0.29) is 18.1 Å². The van der Waals surface area contributed by atoms with Gasteiger partial charge in [0.25, 0.3) is 0 Å². The van der Waals surface area contributed by atoms with Gasteiger partial charge in [-0.15, -0.1) is 0 Å². The van der Waals surface area contributed by atoms with Crippen molar-refractivity contribution in [2.45, 2.75) is 26.8 Å². The summed E-state index contributed by atoms with van der Waals surface area (Å²) in [6.45, 7) is 5.54. The van der Waals surface area contributed by atoms with E-state index in [0.717, 1.165) is 5.69 Å². The first kappa shape index (κ1) is 9.57. The third kappa shape index (κ3) is 3.14. The summed E-state index contributed by atoms with van der Waals surface area (Å²) in [7, 11) is 0. The second-order valence-corrected chi connectivity index (χ2v) is 3.05. The van der Waals surface area contributed by atoms with Crippen LogP contribution in [0.25, 0.3) is 0 Å². The third-order valence-electron chi connectivity index (χ3n) is 1.26.